The fourth-order valence-electron chi connectivity index (χ4n) is 4.44. The van der Waals surface area contributed by atoms with Crippen LogP contribution in [0.5, 0.6) is 5.75 Å². The summed E-state index contributed by atoms with van der Waals surface area (Å²) < 4.78 is 20.6. The van der Waals surface area contributed by atoms with Gasteiger partial charge in [0.2, 0.25) is 0 Å². The van der Waals surface area contributed by atoms with Crippen LogP contribution in [0, 0.1) is 5.82 Å². The van der Waals surface area contributed by atoms with E-state index in [-0.39, 0.29) is 23.6 Å². The molecule has 6 heteroatoms. The number of ether oxygens (including phenoxy) is 1. The number of hydrogen-bond acceptors (Lipinski definition) is 5. The Balaban J connectivity index is 1.38. The van der Waals surface area contributed by atoms with Crippen molar-refractivity contribution in [3.63, 3.8) is 0 Å². The molecule has 4 rings (SSSR count). The minimum absolute atomic E-state index is 0.0216. The Morgan fingerprint density at radius 3 is 2.63 bits per heavy atom. The predicted octanol–water partition coefficient (Wildman–Crippen LogP) is 4.56. The van der Waals surface area contributed by atoms with E-state index in [1.807, 2.05) is 30.3 Å². The van der Waals surface area contributed by atoms with Gasteiger partial charge in [-0.25, -0.2) is 9.37 Å². The molecule has 2 saturated heterocycles. The summed E-state index contributed by atoms with van der Waals surface area (Å²) in [5, 5.41) is 0. The maximum absolute atomic E-state index is 14.5. The zero-order valence-electron chi connectivity index (χ0n) is 17.8. The monoisotopic (exact) mass is 411 g/mol. The molecule has 3 heterocycles. The molecule has 0 saturated carbocycles. The highest BCUT2D eigenvalue weighted by molar-refractivity contribution is 5.76. The van der Waals surface area contributed by atoms with Crippen LogP contribution >= 0.6 is 0 Å². The van der Waals surface area contributed by atoms with Crippen molar-refractivity contribution in [3.8, 4) is 5.75 Å². The van der Waals surface area contributed by atoms with Crippen molar-refractivity contribution in [3.05, 3.63) is 47.9 Å². The molecule has 0 N–H and O–H groups in total. The van der Waals surface area contributed by atoms with Crippen LogP contribution in [0.15, 0.2) is 36.5 Å². The van der Waals surface area contributed by atoms with Crippen molar-refractivity contribution >= 4 is 17.3 Å². The zero-order chi connectivity index (χ0) is 21.1. The predicted molar refractivity (Wildman–Crippen MR) is 117 cm³/mol. The molecule has 0 spiro atoms. The highest BCUT2D eigenvalue weighted by Crippen LogP contribution is 2.30. The van der Waals surface area contributed by atoms with Crippen LogP contribution in [0.1, 0.15) is 51.0 Å². The Bertz CT molecular complexity index is 881. The van der Waals surface area contributed by atoms with Crippen molar-refractivity contribution in [2.45, 2.75) is 51.6 Å². The zero-order valence-corrected chi connectivity index (χ0v) is 17.8. The van der Waals surface area contributed by atoms with Crippen LogP contribution in [0.4, 0.5) is 15.9 Å². The van der Waals surface area contributed by atoms with Crippen LogP contribution in [-0.2, 0) is 4.79 Å². The molecule has 2 aliphatic rings. The maximum Gasteiger partial charge on any atom is 0.164 e. The van der Waals surface area contributed by atoms with E-state index >= 15 is 0 Å². The summed E-state index contributed by atoms with van der Waals surface area (Å²) in [6.45, 7) is 7.09. The van der Waals surface area contributed by atoms with Crippen molar-refractivity contribution in [1.82, 2.24) is 4.98 Å². The Morgan fingerprint density at radius 1 is 1.20 bits per heavy atom. The van der Waals surface area contributed by atoms with Gasteiger partial charge in [-0.05, 0) is 43.4 Å². The molecule has 160 valence electrons. The molecule has 1 aromatic heterocycles. The summed E-state index contributed by atoms with van der Waals surface area (Å²) in [5.74, 6) is 1.81. The number of benzene rings is 1. The number of aromatic nitrogens is 1. The first-order chi connectivity index (χ1) is 14.5. The number of rotatable bonds is 7. The molecule has 2 atom stereocenters. The highest BCUT2D eigenvalue weighted by Gasteiger charge is 2.27. The van der Waals surface area contributed by atoms with Gasteiger partial charge in [-0.3, -0.25) is 0 Å². The number of anilines is 2. The number of carbonyl (C=O) groups is 1. The molecule has 0 aliphatic carbocycles. The quantitative estimate of drug-likeness (QED) is 0.668. The average Bonchev–Trinajstić information content (AvgIpc) is 3.41. The van der Waals surface area contributed by atoms with Gasteiger partial charge in [0.15, 0.2) is 5.82 Å². The maximum atomic E-state index is 14.5. The average molecular weight is 412 g/mol. The van der Waals surface area contributed by atoms with E-state index < -0.39 is 0 Å². The Morgan fingerprint density at radius 2 is 1.93 bits per heavy atom. The number of halogens is 1. The molecule has 30 heavy (non-hydrogen) atoms. The van der Waals surface area contributed by atoms with Gasteiger partial charge in [0.25, 0.3) is 0 Å². The lowest BCUT2D eigenvalue weighted by molar-refractivity contribution is -0.117. The third kappa shape index (κ3) is 4.74. The SMILES string of the molecule is CC(=O)C[C@@H](C)c1ccc(O[C@@H]2CCN(c3cc(N4CCCC4)ncc3F)C2)cc1. The summed E-state index contributed by atoms with van der Waals surface area (Å²) in [5.41, 5.74) is 1.75. The third-order valence-corrected chi connectivity index (χ3v) is 6.08. The second kappa shape index (κ2) is 9.02. The smallest absolute Gasteiger partial charge is 0.164 e. The molecule has 1 aromatic carbocycles. The summed E-state index contributed by atoms with van der Waals surface area (Å²) in [6, 6.07) is 9.87. The number of carbonyl (C=O) groups excluding carboxylic acids is 1. The molecule has 5 nitrogen and oxygen atoms in total. The number of Topliss-reactive ketones (excluding diaryl/α,β-unsaturated/α-hetero) is 1. The molecule has 0 radical (unpaired) electrons. The van der Waals surface area contributed by atoms with Gasteiger partial charge >= 0.3 is 0 Å². The van der Waals surface area contributed by atoms with E-state index in [2.05, 4.69) is 21.7 Å². The normalized spacial score (nSPS) is 19.9. The largest absolute Gasteiger partial charge is 0.489 e. The molecule has 0 amide bonds. The molecular formula is C24H30FN3O2. The summed E-state index contributed by atoms with van der Waals surface area (Å²) in [4.78, 5) is 19.9. The summed E-state index contributed by atoms with van der Waals surface area (Å²) in [7, 11) is 0. The van der Waals surface area contributed by atoms with Gasteiger partial charge in [-0.2, -0.15) is 0 Å². The van der Waals surface area contributed by atoms with E-state index in [0.29, 0.717) is 18.7 Å². The molecular weight excluding hydrogens is 381 g/mol. The first-order valence-electron chi connectivity index (χ1n) is 10.9. The minimum atomic E-state index is -0.276. The molecule has 0 bridgehead atoms. The topological polar surface area (TPSA) is 45.7 Å². The van der Waals surface area contributed by atoms with E-state index in [1.54, 1.807) is 6.92 Å². The standard InChI is InChI=1S/C24H30FN3O2/c1-17(13-18(2)29)19-5-7-20(8-6-19)30-21-9-12-28(16-21)23-14-24(26-15-22(23)25)27-10-3-4-11-27/h5-8,14-15,17,21H,3-4,9-13,16H2,1-2H3/t17-,21-/m1/s1. The van der Waals surface area contributed by atoms with Crippen LogP contribution in [0.25, 0.3) is 0 Å². The first-order valence-corrected chi connectivity index (χ1v) is 10.9. The lowest BCUT2D eigenvalue weighted by Gasteiger charge is -2.23. The Hall–Kier alpha value is -2.63. The molecule has 2 aromatic rings. The van der Waals surface area contributed by atoms with Crippen molar-refractivity contribution in [2.75, 3.05) is 36.0 Å². The van der Waals surface area contributed by atoms with Gasteiger partial charge in [-0.1, -0.05) is 19.1 Å². The van der Waals surface area contributed by atoms with Gasteiger partial charge in [-0.15, -0.1) is 0 Å². The second-order valence-corrected chi connectivity index (χ2v) is 8.54. The van der Waals surface area contributed by atoms with Gasteiger partial charge in [0.1, 0.15) is 23.5 Å². The van der Waals surface area contributed by atoms with E-state index in [0.717, 1.165) is 43.2 Å². The molecule has 2 fully saturated rings. The highest BCUT2D eigenvalue weighted by atomic mass is 19.1. The molecule has 0 unspecified atom stereocenters. The summed E-state index contributed by atoms with van der Waals surface area (Å²) in [6.07, 6.45) is 5.10. The van der Waals surface area contributed by atoms with E-state index in [1.165, 1.54) is 19.0 Å². The van der Waals surface area contributed by atoms with E-state index in [9.17, 15) is 9.18 Å². The number of ketones is 1. The lowest BCUT2D eigenvalue weighted by Crippen LogP contribution is -2.26. The van der Waals surface area contributed by atoms with Crippen molar-refractivity contribution in [1.29, 1.82) is 0 Å². The minimum Gasteiger partial charge on any atom is -0.489 e. The van der Waals surface area contributed by atoms with Crippen LogP contribution < -0.4 is 14.5 Å². The van der Waals surface area contributed by atoms with Crippen LogP contribution in [0.3, 0.4) is 0 Å². The number of pyridine rings is 1. The van der Waals surface area contributed by atoms with Crippen LogP contribution in [0.2, 0.25) is 0 Å². The van der Waals surface area contributed by atoms with Crippen molar-refractivity contribution < 1.29 is 13.9 Å². The van der Waals surface area contributed by atoms with E-state index in [4.69, 9.17) is 4.74 Å². The van der Waals surface area contributed by atoms with Gasteiger partial charge in [0.05, 0.1) is 18.4 Å². The second-order valence-electron chi connectivity index (χ2n) is 8.54. The Labute approximate surface area is 177 Å². The van der Waals surface area contributed by atoms with Crippen molar-refractivity contribution in [2.24, 2.45) is 0 Å². The number of nitrogens with zero attached hydrogens (tertiary/aromatic N) is 3. The number of hydrogen-bond donors (Lipinski definition) is 0. The van der Waals surface area contributed by atoms with Crippen LogP contribution in [-0.4, -0.2) is 43.1 Å². The van der Waals surface area contributed by atoms with Gasteiger partial charge in [0, 0.05) is 38.5 Å². The lowest BCUT2D eigenvalue weighted by atomic mass is 9.96. The third-order valence-electron chi connectivity index (χ3n) is 6.08. The fourth-order valence-corrected chi connectivity index (χ4v) is 4.44. The fraction of sp³-hybridized carbons (Fsp3) is 0.500. The first kappa shape index (κ1) is 20.6. The molecule has 2 aliphatic heterocycles. The summed E-state index contributed by atoms with van der Waals surface area (Å²) >= 11 is 0. The van der Waals surface area contributed by atoms with Gasteiger partial charge < -0.3 is 19.3 Å². The Kier molecular flexibility index (Phi) is 6.21.